The molecule has 126 valence electrons. The molecule has 2 aromatic carbocycles. The minimum atomic E-state index is 0.225. The second kappa shape index (κ2) is 7.86. The number of aryl methyl sites for hydroxylation is 1. The zero-order valence-corrected chi connectivity index (χ0v) is 14.4. The molecule has 24 heavy (non-hydrogen) atoms. The van der Waals surface area contributed by atoms with Gasteiger partial charge in [0.2, 0.25) is 0 Å². The van der Waals surface area contributed by atoms with Gasteiger partial charge in [0.05, 0.1) is 12.6 Å². The van der Waals surface area contributed by atoms with E-state index in [1.807, 2.05) is 19.2 Å². The molecular weight excluding hydrogens is 298 g/mol. The zero-order valence-electron chi connectivity index (χ0n) is 14.4. The Balaban J connectivity index is 1.66. The molecule has 0 saturated heterocycles. The van der Waals surface area contributed by atoms with E-state index < -0.39 is 0 Å². The van der Waals surface area contributed by atoms with Crippen LogP contribution in [0.25, 0.3) is 0 Å². The Morgan fingerprint density at radius 1 is 1.12 bits per heavy atom. The Morgan fingerprint density at radius 3 is 2.67 bits per heavy atom. The van der Waals surface area contributed by atoms with E-state index in [0.717, 1.165) is 37.7 Å². The summed E-state index contributed by atoms with van der Waals surface area (Å²) < 4.78 is 5.73. The van der Waals surface area contributed by atoms with Crippen molar-refractivity contribution in [2.75, 3.05) is 13.7 Å². The summed E-state index contributed by atoms with van der Waals surface area (Å²) in [6.45, 7) is 3.68. The van der Waals surface area contributed by atoms with Crippen molar-refractivity contribution in [1.82, 2.24) is 10.6 Å². The van der Waals surface area contributed by atoms with Crippen LogP contribution in [0.2, 0.25) is 0 Å². The Kier molecular flexibility index (Phi) is 5.36. The smallest absolute Gasteiger partial charge is 0.191 e. The summed E-state index contributed by atoms with van der Waals surface area (Å²) >= 11 is 0. The molecule has 0 spiro atoms. The van der Waals surface area contributed by atoms with Gasteiger partial charge in [-0.15, -0.1) is 0 Å². The molecule has 0 aliphatic carbocycles. The molecule has 0 bridgehead atoms. The Bertz CT molecular complexity index is 712. The van der Waals surface area contributed by atoms with Gasteiger partial charge < -0.3 is 15.4 Å². The van der Waals surface area contributed by atoms with Gasteiger partial charge in [0.25, 0.3) is 0 Å². The highest BCUT2D eigenvalue weighted by atomic mass is 16.5. The van der Waals surface area contributed by atoms with Crippen molar-refractivity contribution in [3.05, 3.63) is 65.2 Å². The molecule has 4 nitrogen and oxygen atoms in total. The average Bonchev–Trinajstić information content (AvgIpc) is 2.65. The van der Waals surface area contributed by atoms with Crippen molar-refractivity contribution in [2.24, 2.45) is 4.99 Å². The summed E-state index contributed by atoms with van der Waals surface area (Å²) in [6.07, 6.45) is 1.97. The molecule has 1 atom stereocenters. The lowest BCUT2D eigenvalue weighted by Crippen LogP contribution is -2.40. The number of para-hydroxylation sites is 1. The minimum Gasteiger partial charge on any atom is -0.493 e. The SMILES string of the molecule is CCc1ccccc1CNC(=NC)NC1CCOc2ccccc21. The monoisotopic (exact) mass is 323 g/mol. The summed E-state index contributed by atoms with van der Waals surface area (Å²) in [7, 11) is 1.81. The topological polar surface area (TPSA) is 45.7 Å². The van der Waals surface area contributed by atoms with E-state index in [9.17, 15) is 0 Å². The third-order valence-corrected chi connectivity index (χ3v) is 4.44. The van der Waals surface area contributed by atoms with E-state index in [4.69, 9.17) is 4.74 Å². The summed E-state index contributed by atoms with van der Waals surface area (Å²) in [6, 6.07) is 17.0. The molecule has 0 radical (unpaired) electrons. The number of guanidine groups is 1. The number of hydrogen-bond acceptors (Lipinski definition) is 2. The van der Waals surface area contributed by atoms with Crippen molar-refractivity contribution < 1.29 is 4.74 Å². The second-order valence-electron chi connectivity index (χ2n) is 5.92. The third kappa shape index (κ3) is 3.70. The van der Waals surface area contributed by atoms with Crippen LogP contribution in [0, 0.1) is 0 Å². The number of aliphatic imine (C=N–C) groups is 1. The molecule has 0 aromatic heterocycles. The molecule has 1 aliphatic rings. The highest BCUT2D eigenvalue weighted by molar-refractivity contribution is 5.80. The number of nitrogens with zero attached hydrogens (tertiary/aromatic N) is 1. The number of ether oxygens (including phenoxy) is 1. The van der Waals surface area contributed by atoms with Crippen LogP contribution in [-0.4, -0.2) is 19.6 Å². The summed E-state index contributed by atoms with van der Waals surface area (Å²) in [5.74, 6) is 1.79. The Hall–Kier alpha value is -2.49. The van der Waals surface area contributed by atoms with Crippen LogP contribution in [0.4, 0.5) is 0 Å². The van der Waals surface area contributed by atoms with E-state index in [2.05, 4.69) is 58.9 Å². The fourth-order valence-electron chi connectivity index (χ4n) is 3.11. The first-order chi connectivity index (χ1) is 11.8. The summed E-state index contributed by atoms with van der Waals surface area (Å²) in [5.41, 5.74) is 3.88. The number of rotatable bonds is 4. The third-order valence-electron chi connectivity index (χ3n) is 4.44. The van der Waals surface area contributed by atoms with Gasteiger partial charge in [0.1, 0.15) is 5.75 Å². The lowest BCUT2D eigenvalue weighted by molar-refractivity contribution is 0.261. The van der Waals surface area contributed by atoms with Crippen LogP contribution >= 0.6 is 0 Å². The summed E-state index contributed by atoms with van der Waals surface area (Å²) in [4.78, 5) is 4.38. The van der Waals surface area contributed by atoms with Crippen molar-refractivity contribution in [3.63, 3.8) is 0 Å². The quantitative estimate of drug-likeness (QED) is 0.669. The maximum Gasteiger partial charge on any atom is 0.191 e. The van der Waals surface area contributed by atoms with Gasteiger partial charge in [-0.25, -0.2) is 0 Å². The number of fused-ring (bicyclic) bond motifs is 1. The molecule has 1 heterocycles. The van der Waals surface area contributed by atoms with E-state index in [0.29, 0.717) is 0 Å². The fraction of sp³-hybridized carbons (Fsp3) is 0.350. The number of benzene rings is 2. The fourth-order valence-corrected chi connectivity index (χ4v) is 3.11. The minimum absolute atomic E-state index is 0.225. The van der Waals surface area contributed by atoms with Gasteiger partial charge in [-0.2, -0.15) is 0 Å². The Labute approximate surface area is 144 Å². The predicted molar refractivity (Wildman–Crippen MR) is 98.4 cm³/mol. The molecule has 2 aromatic rings. The first-order valence-electron chi connectivity index (χ1n) is 8.57. The maximum absolute atomic E-state index is 5.73. The molecule has 0 saturated carbocycles. The lowest BCUT2D eigenvalue weighted by atomic mass is 10.0. The molecule has 1 unspecified atom stereocenters. The molecule has 3 rings (SSSR count). The van der Waals surface area contributed by atoms with Crippen LogP contribution in [0.5, 0.6) is 5.75 Å². The molecule has 0 fully saturated rings. The summed E-state index contributed by atoms with van der Waals surface area (Å²) in [5, 5.41) is 6.97. The van der Waals surface area contributed by atoms with E-state index in [-0.39, 0.29) is 6.04 Å². The highest BCUT2D eigenvalue weighted by Gasteiger charge is 2.21. The van der Waals surface area contributed by atoms with Crippen molar-refractivity contribution in [1.29, 1.82) is 0 Å². The van der Waals surface area contributed by atoms with Crippen molar-refractivity contribution in [3.8, 4) is 5.75 Å². The first-order valence-corrected chi connectivity index (χ1v) is 8.57. The Morgan fingerprint density at radius 2 is 1.88 bits per heavy atom. The largest absolute Gasteiger partial charge is 0.493 e. The van der Waals surface area contributed by atoms with Gasteiger partial charge in [0.15, 0.2) is 5.96 Å². The number of hydrogen-bond donors (Lipinski definition) is 2. The second-order valence-corrected chi connectivity index (χ2v) is 5.92. The van der Waals surface area contributed by atoms with E-state index in [1.54, 1.807) is 0 Å². The average molecular weight is 323 g/mol. The molecule has 0 amide bonds. The van der Waals surface area contributed by atoms with Crippen LogP contribution < -0.4 is 15.4 Å². The van der Waals surface area contributed by atoms with Crippen LogP contribution in [0.15, 0.2) is 53.5 Å². The van der Waals surface area contributed by atoms with Gasteiger partial charge in [-0.05, 0) is 23.6 Å². The van der Waals surface area contributed by atoms with E-state index >= 15 is 0 Å². The van der Waals surface area contributed by atoms with Crippen molar-refractivity contribution in [2.45, 2.75) is 32.4 Å². The molecule has 4 heteroatoms. The van der Waals surface area contributed by atoms with Crippen LogP contribution in [0.3, 0.4) is 0 Å². The first kappa shape index (κ1) is 16.4. The lowest BCUT2D eigenvalue weighted by Gasteiger charge is -2.28. The maximum atomic E-state index is 5.73. The molecule has 1 aliphatic heterocycles. The predicted octanol–water partition coefficient (Wildman–Crippen LogP) is 3.44. The standard InChI is InChI=1S/C20H25N3O/c1-3-15-8-4-5-9-16(15)14-22-20(21-2)23-18-12-13-24-19-11-7-6-10-17(18)19/h4-11,18H,3,12-14H2,1-2H3,(H2,21,22,23). The van der Waals surface area contributed by atoms with Crippen molar-refractivity contribution >= 4 is 5.96 Å². The van der Waals surface area contributed by atoms with Gasteiger partial charge >= 0.3 is 0 Å². The van der Waals surface area contributed by atoms with Crippen LogP contribution in [-0.2, 0) is 13.0 Å². The highest BCUT2D eigenvalue weighted by Crippen LogP contribution is 2.31. The van der Waals surface area contributed by atoms with Gasteiger partial charge in [-0.3, -0.25) is 4.99 Å². The van der Waals surface area contributed by atoms with Gasteiger partial charge in [0, 0.05) is 25.6 Å². The molecular formula is C20H25N3O. The normalized spacial score (nSPS) is 16.9. The van der Waals surface area contributed by atoms with E-state index in [1.165, 1.54) is 16.7 Å². The zero-order chi connectivity index (χ0) is 16.8. The van der Waals surface area contributed by atoms with Gasteiger partial charge in [-0.1, -0.05) is 49.4 Å². The van der Waals surface area contributed by atoms with Crippen LogP contribution in [0.1, 0.15) is 36.1 Å². The molecule has 2 N–H and O–H groups in total. The number of nitrogens with one attached hydrogen (secondary N) is 2.